The van der Waals surface area contributed by atoms with Crippen molar-refractivity contribution in [2.75, 3.05) is 0 Å². The summed E-state index contributed by atoms with van der Waals surface area (Å²) in [6.45, 7) is 0. The lowest BCUT2D eigenvalue weighted by molar-refractivity contribution is -0.384. The molecule has 108 valence electrons. The smallest absolute Gasteiger partial charge is 0.360 e. The van der Waals surface area contributed by atoms with Crippen molar-refractivity contribution in [3.05, 3.63) is 62.1 Å². The lowest BCUT2D eigenvalue weighted by atomic mass is 10.2. The topological polar surface area (TPSA) is 115 Å². The summed E-state index contributed by atoms with van der Waals surface area (Å²) in [6.07, 6.45) is 0.805. The van der Waals surface area contributed by atoms with Crippen LogP contribution in [0.15, 0.2) is 29.2 Å². The summed E-state index contributed by atoms with van der Waals surface area (Å²) in [5, 5.41) is 22.9. The molecule has 0 saturated carbocycles. The lowest BCUT2D eigenvalue weighted by Crippen LogP contribution is -2.21. The minimum absolute atomic E-state index is 0.432. The summed E-state index contributed by atoms with van der Waals surface area (Å²) in [5.41, 5.74) is -3.68. The van der Waals surface area contributed by atoms with Crippen LogP contribution in [0.5, 0.6) is 0 Å². The molecule has 0 fully saturated rings. The molecule has 0 spiro atoms. The minimum Gasteiger partial charge on any atom is -0.476 e. The van der Waals surface area contributed by atoms with Crippen molar-refractivity contribution in [3.63, 3.8) is 0 Å². The van der Waals surface area contributed by atoms with Gasteiger partial charge in [0.2, 0.25) is 11.1 Å². The lowest BCUT2D eigenvalue weighted by Gasteiger charge is -2.08. The van der Waals surface area contributed by atoms with Crippen LogP contribution in [0.4, 0.5) is 14.5 Å². The molecule has 0 bridgehead atoms. The van der Waals surface area contributed by atoms with E-state index in [1.165, 1.54) is 0 Å². The number of carboxylic acids is 1. The number of nitro benzene ring substituents is 1. The number of halogens is 2. The fraction of sp³-hybridized carbons (Fsp3) is 0. The predicted molar refractivity (Wildman–Crippen MR) is 63.4 cm³/mol. The summed E-state index contributed by atoms with van der Waals surface area (Å²) >= 11 is 0. The summed E-state index contributed by atoms with van der Waals surface area (Å²) in [5.74, 6) is -4.67. The van der Waals surface area contributed by atoms with Gasteiger partial charge in [-0.1, -0.05) is 0 Å². The first-order valence-electron chi connectivity index (χ1n) is 5.29. The zero-order valence-electron chi connectivity index (χ0n) is 9.99. The van der Waals surface area contributed by atoms with E-state index in [1.54, 1.807) is 0 Å². The Hall–Kier alpha value is -3.17. The zero-order chi connectivity index (χ0) is 15.7. The van der Waals surface area contributed by atoms with Crippen LogP contribution in [0.25, 0.3) is 5.69 Å². The molecule has 0 saturated heterocycles. The largest absolute Gasteiger partial charge is 0.476 e. The number of carboxylic acid groups (broad SMARTS) is 1. The molecule has 0 radical (unpaired) electrons. The van der Waals surface area contributed by atoms with E-state index in [0.29, 0.717) is 16.8 Å². The van der Waals surface area contributed by atoms with Crippen molar-refractivity contribution in [1.82, 2.24) is 9.78 Å². The van der Waals surface area contributed by atoms with Gasteiger partial charge in [0.1, 0.15) is 0 Å². The van der Waals surface area contributed by atoms with Crippen molar-refractivity contribution in [3.8, 4) is 5.69 Å². The first-order valence-corrected chi connectivity index (χ1v) is 5.29. The standard InChI is InChI=1S/C11H5F2N3O5/c12-5-1-2-6(16(20)21)10(8(5)13)15-4-3-7(17)9(14-15)11(18)19/h1-4H,(H,18,19). The normalized spacial score (nSPS) is 10.4. The van der Waals surface area contributed by atoms with Gasteiger partial charge in [0.25, 0.3) is 5.69 Å². The molecule has 0 aliphatic heterocycles. The van der Waals surface area contributed by atoms with Gasteiger partial charge < -0.3 is 5.11 Å². The van der Waals surface area contributed by atoms with Gasteiger partial charge >= 0.3 is 5.97 Å². The van der Waals surface area contributed by atoms with Gasteiger partial charge in [-0.05, 0) is 6.07 Å². The molecule has 0 aliphatic carbocycles. The number of aromatic carboxylic acids is 1. The molecule has 1 aromatic carbocycles. The van der Waals surface area contributed by atoms with Gasteiger partial charge in [-0.15, -0.1) is 0 Å². The monoisotopic (exact) mass is 297 g/mol. The van der Waals surface area contributed by atoms with Crippen molar-refractivity contribution in [2.45, 2.75) is 0 Å². The Balaban J connectivity index is 2.81. The van der Waals surface area contributed by atoms with Crippen molar-refractivity contribution < 1.29 is 23.6 Å². The van der Waals surface area contributed by atoms with E-state index < -0.39 is 45.0 Å². The SMILES string of the molecule is O=C(O)c1nn(-c2c([N+](=O)[O-])ccc(F)c2F)ccc1=O. The maximum absolute atomic E-state index is 13.8. The van der Waals surface area contributed by atoms with Crippen LogP contribution in [0, 0.1) is 21.7 Å². The van der Waals surface area contributed by atoms with Crippen LogP contribution in [-0.4, -0.2) is 25.8 Å². The Morgan fingerprint density at radius 1 is 1.33 bits per heavy atom. The number of nitrogens with zero attached hydrogens (tertiary/aromatic N) is 3. The van der Waals surface area contributed by atoms with Gasteiger partial charge in [0.05, 0.1) is 4.92 Å². The number of hydrogen-bond donors (Lipinski definition) is 1. The zero-order valence-corrected chi connectivity index (χ0v) is 9.99. The van der Waals surface area contributed by atoms with Gasteiger partial charge in [-0.3, -0.25) is 14.9 Å². The first-order chi connectivity index (χ1) is 9.82. The molecule has 2 aromatic rings. The molecule has 21 heavy (non-hydrogen) atoms. The van der Waals surface area contributed by atoms with E-state index in [9.17, 15) is 28.5 Å². The van der Waals surface area contributed by atoms with E-state index in [2.05, 4.69) is 5.10 Å². The van der Waals surface area contributed by atoms with Gasteiger partial charge in [-0.2, -0.15) is 5.10 Å². The van der Waals surface area contributed by atoms with Crippen LogP contribution in [0.1, 0.15) is 10.5 Å². The molecule has 0 amide bonds. The minimum atomic E-state index is -1.70. The highest BCUT2D eigenvalue weighted by Gasteiger charge is 2.24. The second-order valence-corrected chi connectivity index (χ2v) is 3.76. The number of aromatic nitrogens is 2. The van der Waals surface area contributed by atoms with Gasteiger partial charge in [-0.25, -0.2) is 18.3 Å². The van der Waals surface area contributed by atoms with Crippen molar-refractivity contribution >= 4 is 11.7 Å². The number of rotatable bonds is 3. The Labute approximate surface area is 114 Å². The average Bonchev–Trinajstić information content (AvgIpc) is 2.42. The van der Waals surface area contributed by atoms with Crippen LogP contribution in [-0.2, 0) is 0 Å². The molecular weight excluding hydrogens is 292 g/mol. The van der Waals surface area contributed by atoms with Gasteiger partial charge in [0, 0.05) is 18.3 Å². The first kappa shape index (κ1) is 14.2. The molecule has 0 unspecified atom stereocenters. The van der Waals surface area contributed by atoms with Crippen molar-refractivity contribution in [1.29, 1.82) is 0 Å². The fourth-order valence-electron chi connectivity index (χ4n) is 1.58. The summed E-state index contributed by atoms with van der Waals surface area (Å²) in [6, 6.07) is 1.98. The third kappa shape index (κ3) is 2.45. The maximum Gasteiger partial charge on any atom is 0.360 e. The molecule has 8 nitrogen and oxygen atoms in total. The van der Waals surface area contributed by atoms with E-state index in [1.807, 2.05) is 0 Å². The van der Waals surface area contributed by atoms with E-state index in [-0.39, 0.29) is 0 Å². The number of hydrogen-bond acceptors (Lipinski definition) is 5. The van der Waals surface area contributed by atoms with Crippen LogP contribution in [0.2, 0.25) is 0 Å². The Kier molecular flexibility index (Phi) is 3.44. The highest BCUT2D eigenvalue weighted by atomic mass is 19.2. The van der Waals surface area contributed by atoms with Crippen LogP contribution >= 0.6 is 0 Å². The van der Waals surface area contributed by atoms with Gasteiger partial charge in [0.15, 0.2) is 17.3 Å². The third-order valence-corrected chi connectivity index (χ3v) is 2.48. The molecule has 0 atom stereocenters. The fourth-order valence-corrected chi connectivity index (χ4v) is 1.58. The summed E-state index contributed by atoms with van der Waals surface area (Å²) in [7, 11) is 0. The average molecular weight is 297 g/mol. The van der Waals surface area contributed by atoms with Crippen molar-refractivity contribution in [2.24, 2.45) is 0 Å². The number of benzene rings is 1. The molecule has 1 aromatic heterocycles. The Morgan fingerprint density at radius 3 is 2.57 bits per heavy atom. The maximum atomic E-state index is 13.8. The molecular formula is C11H5F2N3O5. The van der Waals surface area contributed by atoms with E-state index >= 15 is 0 Å². The number of nitro groups is 1. The molecule has 0 aliphatic rings. The van der Waals surface area contributed by atoms with E-state index in [4.69, 9.17) is 5.11 Å². The molecule has 1 N–H and O–H groups in total. The molecule has 10 heteroatoms. The Morgan fingerprint density at radius 2 is 2.00 bits per heavy atom. The highest BCUT2D eigenvalue weighted by molar-refractivity contribution is 5.84. The van der Waals surface area contributed by atoms with Crippen LogP contribution < -0.4 is 5.43 Å². The number of carbonyl (C=O) groups is 1. The highest BCUT2D eigenvalue weighted by Crippen LogP contribution is 2.26. The molecule has 1 heterocycles. The predicted octanol–water partition coefficient (Wildman–Crippen LogP) is 1.12. The van der Waals surface area contributed by atoms with Crippen LogP contribution in [0.3, 0.4) is 0 Å². The second kappa shape index (κ2) is 5.07. The third-order valence-electron chi connectivity index (χ3n) is 2.48. The second-order valence-electron chi connectivity index (χ2n) is 3.76. The molecule has 2 rings (SSSR count). The Bertz CT molecular complexity index is 818. The van der Waals surface area contributed by atoms with E-state index in [0.717, 1.165) is 12.3 Å². The summed E-state index contributed by atoms with van der Waals surface area (Å²) < 4.78 is 27.4. The quantitative estimate of drug-likeness (QED) is 0.670. The summed E-state index contributed by atoms with van der Waals surface area (Å²) in [4.78, 5) is 31.9.